The highest BCUT2D eigenvalue weighted by Crippen LogP contribution is 2.19. The van der Waals surface area contributed by atoms with Crippen LogP contribution in [0.15, 0.2) is 45.6 Å². The minimum Gasteiger partial charge on any atom is -0.481 e. The summed E-state index contributed by atoms with van der Waals surface area (Å²) in [6.45, 7) is 3.84. The van der Waals surface area contributed by atoms with E-state index in [-0.39, 0.29) is 17.7 Å². The van der Waals surface area contributed by atoms with Crippen LogP contribution in [0.5, 0.6) is 0 Å². The van der Waals surface area contributed by atoms with Gasteiger partial charge in [0.25, 0.3) is 0 Å². The molecule has 4 rings (SSSR count). The van der Waals surface area contributed by atoms with Gasteiger partial charge in [0.1, 0.15) is 11.6 Å². The van der Waals surface area contributed by atoms with Crippen LogP contribution in [0.2, 0.25) is 0 Å². The summed E-state index contributed by atoms with van der Waals surface area (Å²) in [6, 6.07) is 7.23. The van der Waals surface area contributed by atoms with Crippen LogP contribution >= 0.6 is 31.9 Å². The lowest BCUT2D eigenvalue weighted by Gasteiger charge is -2.27. The molecular formula is C24H34Br2N6O3. The molecule has 0 unspecified atom stereocenters. The maximum absolute atomic E-state index is 12.0. The zero-order valence-electron chi connectivity index (χ0n) is 20.2. The molecule has 11 heteroatoms. The maximum Gasteiger partial charge on any atom is 0.306 e. The van der Waals surface area contributed by atoms with Gasteiger partial charge in [0.15, 0.2) is 0 Å². The Hall–Kier alpha value is -2.08. The van der Waals surface area contributed by atoms with E-state index in [0.29, 0.717) is 11.6 Å². The first kappa shape index (κ1) is 29.2. The summed E-state index contributed by atoms with van der Waals surface area (Å²) < 4.78 is 1.89. The molecule has 2 aromatic rings. The fourth-order valence-corrected chi connectivity index (χ4v) is 4.34. The first-order valence-corrected chi connectivity index (χ1v) is 13.1. The van der Waals surface area contributed by atoms with Gasteiger partial charge in [-0.1, -0.05) is 31.9 Å². The Morgan fingerprint density at radius 1 is 0.914 bits per heavy atom. The molecule has 0 aromatic carbocycles. The molecule has 0 aliphatic carbocycles. The average molecular weight is 614 g/mol. The van der Waals surface area contributed by atoms with Crippen LogP contribution in [0, 0.1) is 11.8 Å². The van der Waals surface area contributed by atoms with E-state index in [2.05, 4.69) is 64.0 Å². The number of aromatic nitrogens is 2. The third-order valence-corrected chi connectivity index (χ3v) is 6.86. The van der Waals surface area contributed by atoms with Crippen LogP contribution < -0.4 is 11.1 Å². The number of hydrogen-bond donors (Lipinski definition) is 3. The smallest absolute Gasteiger partial charge is 0.306 e. The third kappa shape index (κ3) is 11.5. The molecule has 0 saturated carbocycles. The molecule has 2 saturated heterocycles. The van der Waals surface area contributed by atoms with Crippen molar-refractivity contribution in [3.8, 4) is 0 Å². The maximum atomic E-state index is 12.0. The van der Waals surface area contributed by atoms with Crippen LogP contribution in [-0.2, 0) is 9.59 Å². The highest BCUT2D eigenvalue weighted by Gasteiger charge is 2.23. The van der Waals surface area contributed by atoms with Crippen molar-refractivity contribution < 1.29 is 14.7 Å². The number of carboxylic acids is 1. The molecule has 9 nitrogen and oxygen atoms in total. The summed E-state index contributed by atoms with van der Waals surface area (Å²) in [5.74, 6) is 0.641. The minimum atomic E-state index is -0.631. The van der Waals surface area contributed by atoms with Gasteiger partial charge in [0.05, 0.1) is 5.92 Å². The molecule has 0 atom stereocenters. The lowest BCUT2D eigenvalue weighted by atomic mass is 9.96. The zero-order valence-corrected chi connectivity index (χ0v) is 23.3. The Bertz CT molecular complexity index is 931. The summed E-state index contributed by atoms with van der Waals surface area (Å²) in [6.07, 6.45) is 6.80. The van der Waals surface area contributed by atoms with Crippen LogP contribution in [-0.4, -0.2) is 77.0 Å². The summed E-state index contributed by atoms with van der Waals surface area (Å²) in [5, 5.41) is 11.5. The van der Waals surface area contributed by atoms with Gasteiger partial charge in [-0.3, -0.25) is 9.59 Å². The van der Waals surface area contributed by atoms with Gasteiger partial charge in [0.2, 0.25) is 5.91 Å². The fourth-order valence-electron chi connectivity index (χ4n) is 3.65. The van der Waals surface area contributed by atoms with Crippen molar-refractivity contribution in [1.29, 1.82) is 0 Å². The standard InChI is InChI=1S/C12H16BrN3O.C7H13NO2.C5H5BrN2/c1-16-6-3-9(4-7-16)12(17)15-11-8-10(13)2-5-14-11;1-8-4-2-6(3-5-8)7(9)10;6-4-1-2-8-5(7)3-4/h2,5,8-9H,3-4,6-7H2,1H3,(H,14,15,17);6H,2-5H2,1H3,(H,9,10);1-3H,(H2,7,8). The van der Waals surface area contributed by atoms with Crippen molar-refractivity contribution >= 4 is 55.4 Å². The van der Waals surface area contributed by atoms with E-state index in [0.717, 1.165) is 60.8 Å². The second kappa shape index (κ2) is 15.1. The number of halogens is 2. The normalized spacial score (nSPS) is 17.4. The molecule has 0 radical (unpaired) electrons. The number of anilines is 2. The number of nitrogens with one attached hydrogen (secondary N) is 1. The molecule has 0 bridgehead atoms. The number of carbonyl (C=O) groups is 2. The Morgan fingerprint density at radius 2 is 1.40 bits per heavy atom. The molecule has 2 aliphatic rings. The second-order valence-corrected chi connectivity index (χ2v) is 10.6. The topological polar surface area (TPSA) is 125 Å². The fraction of sp³-hybridized carbons (Fsp3) is 0.500. The number of nitrogens with two attached hydrogens (primary N) is 1. The van der Waals surface area contributed by atoms with Gasteiger partial charge in [-0.15, -0.1) is 0 Å². The van der Waals surface area contributed by atoms with E-state index in [4.69, 9.17) is 10.8 Å². The highest BCUT2D eigenvalue weighted by atomic mass is 79.9. The summed E-state index contributed by atoms with van der Waals surface area (Å²) in [7, 11) is 4.11. The number of likely N-dealkylation sites (tertiary alicyclic amines) is 2. The number of hydrogen-bond acceptors (Lipinski definition) is 7. The van der Waals surface area contributed by atoms with Crippen molar-refractivity contribution in [1.82, 2.24) is 19.8 Å². The number of nitrogen functional groups attached to an aromatic ring is 1. The number of carbonyl (C=O) groups excluding carboxylic acids is 1. The molecule has 35 heavy (non-hydrogen) atoms. The third-order valence-electron chi connectivity index (χ3n) is 5.87. The van der Waals surface area contributed by atoms with Crippen LogP contribution in [0.3, 0.4) is 0 Å². The molecule has 192 valence electrons. The lowest BCUT2D eigenvalue weighted by Crippen LogP contribution is -2.36. The molecule has 2 fully saturated rings. The largest absolute Gasteiger partial charge is 0.481 e. The summed E-state index contributed by atoms with van der Waals surface area (Å²) in [4.78, 5) is 34.8. The second-order valence-electron chi connectivity index (χ2n) is 8.74. The minimum absolute atomic E-state index is 0.0868. The first-order chi connectivity index (χ1) is 16.6. The average Bonchev–Trinajstić information content (AvgIpc) is 2.80. The van der Waals surface area contributed by atoms with E-state index in [1.807, 2.05) is 25.2 Å². The number of nitrogens with zero attached hydrogens (tertiary/aromatic N) is 4. The van der Waals surface area contributed by atoms with E-state index in [1.54, 1.807) is 18.5 Å². The molecule has 2 aromatic heterocycles. The summed E-state index contributed by atoms with van der Waals surface area (Å²) in [5.41, 5.74) is 5.32. The number of carboxylic acid groups (broad SMARTS) is 1. The number of rotatable bonds is 3. The first-order valence-electron chi connectivity index (χ1n) is 11.5. The molecule has 4 N–H and O–H groups in total. The van der Waals surface area contributed by atoms with Crippen molar-refractivity contribution in [2.45, 2.75) is 25.7 Å². The predicted octanol–water partition coefficient (Wildman–Crippen LogP) is 3.96. The van der Waals surface area contributed by atoms with Crippen LogP contribution in [0.4, 0.5) is 11.6 Å². The van der Waals surface area contributed by atoms with Gasteiger partial charge in [-0.2, -0.15) is 0 Å². The number of pyridine rings is 2. The van der Waals surface area contributed by atoms with Gasteiger partial charge in [-0.25, -0.2) is 9.97 Å². The lowest BCUT2D eigenvalue weighted by molar-refractivity contribution is -0.143. The predicted molar refractivity (Wildman–Crippen MR) is 145 cm³/mol. The Kier molecular flexibility index (Phi) is 12.6. The molecule has 2 aliphatic heterocycles. The van der Waals surface area contributed by atoms with E-state index >= 15 is 0 Å². The Balaban J connectivity index is 0.000000204. The van der Waals surface area contributed by atoms with Crippen LogP contribution in [0.1, 0.15) is 25.7 Å². The van der Waals surface area contributed by atoms with E-state index < -0.39 is 5.97 Å². The number of aliphatic carboxylic acids is 1. The van der Waals surface area contributed by atoms with Gasteiger partial charge in [0, 0.05) is 27.3 Å². The van der Waals surface area contributed by atoms with Crippen molar-refractivity contribution in [3.63, 3.8) is 0 Å². The SMILES string of the molecule is CN1CCC(C(=O)Nc2cc(Br)ccn2)CC1.CN1CCC(C(=O)O)CC1.Nc1cc(Br)ccn1. The molecule has 1 amide bonds. The Labute approximate surface area is 223 Å². The molecule has 0 spiro atoms. The van der Waals surface area contributed by atoms with Crippen molar-refractivity contribution in [2.75, 3.05) is 51.3 Å². The van der Waals surface area contributed by atoms with E-state index in [1.165, 1.54) is 0 Å². The number of amides is 1. The monoisotopic (exact) mass is 612 g/mol. The quantitative estimate of drug-likeness (QED) is 0.475. The van der Waals surface area contributed by atoms with Crippen LogP contribution in [0.25, 0.3) is 0 Å². The van der Waals surface area contributed by atoms with Crippen molar-refractivity contribution in [3.05, 3.63) is 45.6 Å². The summed E-state index contributed by atoms with van der Waals surface area (Å²) >= 11 is 6.60. The highest BCUT2D eigenvalue weighted by molar-refractivity contribution is 9.10. The molecular weight excluding hydrogens is 580 g/mol. The Morgan fingerprint density at radius 3 is 1.83 bits per heavy atom. The van der Waals surface area contributed by atoms with Gasteiger partial charge in [-0.05, 0) is 90.2 Å². The van der Waals surface area contributed by atoms with Crippen molar-refractivity contribution in [2.24, 2.45) is 11.8 Å². The van der Waals surface area contributed by atoms with Gasteiger partial charge >= 0.3 is 5.97 Å². The van der Waals surface area contributed by atoms with E-state index in [9.17, 15) is 9.59 Å². The zero-order chi connectivity index (χ0) is 25.8. The molecule has 4 heterocycles. The number of piperidine rings is 2. The van der Waals surface area contributed by atoms with Gasteiger partial charge < -0.3 is 26.0 Å².